The van der Waals surface area contributed by atoms with Crippen LogP contribution in [0.5, 0.6) is 0 Å². The van der Waals surface area contributed by atoms with Crippen molar-refractivity contribution >= 4 is 17.3 Å². The number of esters is 1. The Morgan fingerprint density at radius 2 is 1.41 bits per heavy atom. The molecule has 1 aliphatic carbocycles. The Bertz CT molecular complexity index is 820. The molecule has 0 saturated carbocycles. The highest BCUT2D eigenvalue weighted by atomic mass is 16.5. The van der Waals surface area contributed by atoms with Gasteiger partial charge in [0.25, 0.3) is 5.70 Å². The van der Waals surface area contributed by atoms with Crippen LogP contribution in [0.1, 0.15) is 27.0 Å². The summed E-state index contributed by atoms with van der Waals surface area (Å²) in [6.07, 6.45) is 0. The first-order valence-electron chi connectivity index (χ1n) is 6.62. The first-order chi connectivity index (χ1) is 10.7. The molecule has 0 atom stereocenters. The summed E-state index contributed by atoms with van der Waals surface area (Å²) in [4.78, 5) is 27.9. The third-order valence-corrected chi connectivity index (χ3v) is 3.61. The van der Waals surface area contributed by atoms with Crippen LogP contribution in [0.15, 0.2) is 54.2 Å². The molecule has 0 amide bonds. The Hall–Kier alpha value is -3.19. The molecule has 4 heteroatoms. The second-order valence-electron chi connectivity index (χ2n) is 4.75. The minimum Gasteiger partial charge on any atom is -0.474 e. The predicted molar refractivity (Wildman–Crippen MR) is 81.0 cm³/mol. The molecule has 0 spiro atoms. The first kappa shape index (κ1) is 13.8. The lowest BCUT2D eigenvalue weighted by molar-refractivity contribution is -0.135. The van der Waals surface area contributed by atoms with Gasteiger partial charge in [-0.1, -0.05) is 48.5 Å². The molecule has 1 aliphatic rings. The molecule has 3 rings (SSSR count). The summed E-state index contributed by atoms with van der Waals surface area (Å²) < 4.78 is 4.72. The van der Waals surface area contributed by atoms with Crippen LogP contribution in [-0.2, 0) is 9.53 Å². The van der Waals surface area contributed by atoms with Gasteiger partial charge in [-0.3, -0.25) is 9.59 Å². The lowest BCUT2D eigenvalue weighted by Gasteiger charge is -2.22. The number of fused-ring (bicyclic) bond motifs is 2. The second kappa shape index (κ2) is 5.30. The molecule has 0 unspecified atom stereocenters. The standard InChI is InChI=1S/C18H11NO3/c1-19-16(18(21)22-2)15-11-7-3-5-9-13(11)17(20)14-10-6-4-8-12(14)15/h3-10H,2H3. The number of hydrogen-bond acceptors (Lipinski definition) is 3. The summed E-state index contributed by atoms with van der Waals surface area (Å²) in [5, 5.41) is 0. The fraction of sp³-hybridized carbons (Fsp3) is 0.0556. The minimum absolute atomic E-state index is 0.107. The molecule has 0 heterocycles. The molecule has 0 bridgehead atoms. The van der Waals surface area contributed by atoms with E-state index in [1.165, 1.54) is 7.11 Å². The zero-order valence-corrected chi connectivity index (χ0v) is 11.8. The Morgan fingerprint density at radius 3 is 1.82 bits per heavy atom. The van der Waals surface area contributed by atoms with Crippen molar-refractivity contribution in [3.63, 3.8) is 0 Å². The molecule has 0 saturated heterocycles. The Balaban J connectivity index is 2.44. The average molecular weight is 289 g/mol. The lowest BCUT2D eigenvalue weighted by atomic mass is 9.80. The van der Waals surface area contributed by atoms with Gasteiger partial charge in [0.15, 0.2) is 5.78 Å². The van der Waals surface area contributed by atoms with E-state index in [2.05, 4.69) is 4.85 Å². The predicted octanol–water partition coefficient (Wildman–Crippen LogP) is 3.08. The second-order valence-corrected chi connectivity index (χ2v) is 4.75. The fourth-order valence-corrected chi connectivity index (χ4v) is 2.64. The number of methoxy groups -OCH3 is 1. The van der Waals surface area contributed by atoms with Crippen LogP contribution < -0.4 is 0 Å². The number of rotatable bonds is 1. The number of ether oxygens (including phenoxy) is 1. The Kier molecular flexibility index (Phi) is 3.32. The van der Waals surface area contributed by atoms with Crippen molar-refractivity contribution in [3.05, 3.63) is 87.9 Å². The van der Waals surface area contributed by atoms with Gasteiger partial charge < -0.3 is 4.74 Å². The molecule has 0 fully saturated rings. The van der Waals surface area contributed by atoms with Gasteiger partial charge in [-0.05, 0) is 11.1 Å². The number of hydrogen-bond donors (Lipinski definition) is 0. The van der Waals surface area contributed by atoms with Crippen molar-refractivity contribution in [3.8, 4) is 0 Å². The molecule has 0 aliphatic heterocycles. The molecule has 0 aromatic heterocycles. The maximum absolute atomic E-state index is 12.6. The van der Waals surface area contributed by atoms with Crippen LogP contribution in [0.3, 0.4) is 0 Å². The summed E-state index contributed by atoms with van der Waals surface area (Å²) in [7, 11) is 1.24. The van der Waals surface area contributed by atoms with Crippen molar-refractivity contribution < 1.29 is 14.3 Å². The molecular weight excluding hydrogens is 278 g/mol. The minimum atomic E-state index is -0.705. The van der Waals surface area contributed by atoms with Crippen LogP contribution in [0.4, 0.5) is 0 Å². The van der Waals surface area contributed by atoms with Gasteiger partial charge in [0, 0.05) is 16.7 Å². The highest BCUT2D eigenvalue weighted by molar-refractivity contribution is 6.21. The fourth-order valence-electron chi connectivity index (χ4n) is 2.64. The number of carbonyl (C=O) groups is 2. The van der Waals surface area contributed by atoms with E-state index in [4.69, 9.17) is 11.3 Å². The van der Waals surface area contributed by atoms with Crippen molar-refractivity contribution in [1.29, 1.82) is 0 Å². The largest absolute Gasteiger partial charge is 0.474 e. The number of benzene rings is 2. The topological polar surface area (TPSA) is 47.7 Å². The molecular formula is C18H11NO3. The molecule has 22 heavy (non-hydrogen) atoms. The molecule has 0 radical (unpaired) electrons. The SMILES string of the molecule is [C-]#[N+]C(C(=O)OC)=C1c2ccccc2C(=O)c2ccccc21. The van der Waals surface area contributed by atoms with Crippen LogP contribution in [0.25, 0.3) is 10.4 Å². The zero-order valence-electron chi connectivity index (χ0n) is 11.8. The van der Waals surface area contributed by atoms with Crippen molar-refractivity contribution in [2.75, 3.05) is 7.11 Å². The van der Waals surface area contributed by atoms with Crippen LogP contribution in [0.2, 0.25) is 0 Å². The summed E-state index contributed by atoms with van der Waals surface area (Å²) >= 11 is 0. The Morgan fingerprint density at radius 1 is 0.955 bits per heavy atom. The quantitative estimate of drug-likeness (QED) is 0.393. The maximum atomic E-state index is 12.6. The number of nitrogens with zero attached hydrogens (tertiary/aromatic N) is 1. The molecule has 2 aromatic rings. The smallest absolute Gasteiger partial charge is 0.336 e. The third kappa shape index (κ3) is 1.92. The first-order valence-corrected chi connectivity index (χ1v) is 6.62. The maximum Gasteiger partial charge on any atom is 0.336 e. The van der Waals surface area contributed by atoms with E-state index in [0.717, 1.165) is 0 Å². The van der Waals surface area contributed by atoms with E-state index in [-0.39, 0.29) is 11.5 Å². The van der Waals surface area contributed by atoms with Gasteiger partial charge in [0.2, 0.25) is 0 Å². The summed E-state index contributed by atoms with van der Waals surface area (Å²) in [6.45, 7) is 7.34. The van der Waals surface area contributed by atoms with E-state index in [9.17, 15) is 9.59 Å². The van der Waals surface area contributed by atoms with Gasteiger partial charge in [0.1, 0.15) is 0 Å². The summed E-state index contributed by atoms with van der Waals surface area (Å²) in [5.74, 6) is -0.812. The number of carbonyl (C=O) groups excluding carboxylic acids is 2. The Labute approximate surface area is 127 Å². The van der Waals surface area contributed by atoms with Crippen LogP contribution in [0, 0.1) is 6.57 Å². The number of ketones is 1. The normalized spacial score (nSPS) is 12.0. The molecule has 2 aromatic carbocycles. The van der Waals surface area contributed by atoms with E-state index in [1.807, 2.05) is 0 Å². The van der Waals surface area contributed by atoms with Gasteiger partial charge in [-0.25, -0.2) is 4.85 Å². The summed E-state index contributed by atoms with van der Waals surface area (Å²) in [5.41, 5.74) is 2.48. The zero-order chi connectivity index (χ0) is 15.7. The monoisotopic (exact) mass is 289 g/mol. The van der Waals surface area contributed by atoms with Gasteiger partial charge in [-0.2, -0.15) is 0 Å². The van der Waals surface area contributed by atoms with E-state index >= 15 is 0 Å². The van der Waals surface area contributed by atoms with Crippen molar-refractivity contribution in [2.45, 2.75) is 0 Å². The molecule has 106 valence electrons. The summed E-state index contributed by atoms with van der Waals surface area (Å²) in [6, 6.07) is 14.0. The van der Waals surface area contributed by atoms with Crippen molar-refractivity contribution in [2.24, 2.45) is 0 Å². The van der Waals surface area contributed by atoms with E-state index in [1.54, 1.807) is 48.5 Å². The highest BCUT2D eigenvalue weighted by Gasteiger charge is 2.30. The lowest BCUT2D eigenvalue weighted by Crippen LogP contribution is -2.17. The third-order valence-electron chi connectivity index (χ3n) is 3.61. The van der Waals surface area contributed by atoms with Crippen molar-refractivity contribution in [1.82, 2.24) is 0 Å². The van der Waals surface area contributed by atoms with Gasteiger partial charge >= 0.3 is 5.97 Å². The van der Waals surface area contributed by atoms with E-state index < -0.39 is 5.97 Å². The molecule has 4 nitrogen and oxygen atoms in total. The van der Waals surface area contributed by atoms with Gasteiger partial charge in [0.05, 0.1) is 13.7 Å². The van der Waals surface area contributed by atoms with Gasteiger partial charge in [-0.15, -0.1) is 0 Å². The van der Waals surface area contributed by atoms with E-state index in [0.29, 0.717) is 27.8 Å². The molecule has 0 N–H and O–H groups in total. The van der Waals surface area contributed by atoms with Crippen LogP contribution in [-0.4, -0.2) is 18.9 Å². The van der Waals surface area contributed by atoms with Crippen LogP contribution >= 0.6 is 0 Å². The highest BCUT2D eigenvalue weighted by Crippen LogP contribution is 2.38. The average Bonchev–Trinajstić information content (AvgIpc) is 2.58.